The fourth-order valence-corrected chi connectivity index (χ4v) is 4.25. The zero-order valence-electron chi connectivity index (χ0n) is 11.3. The predicted octanol–water partition coefficient (Wildman–Crippen LogP) is 2.10. The van der Waals surface area contributed by atoms with Crippen LogP contribution in [0, 0.1) is 11.7 Å². The number of benzene rings is 1. The van der Waals surface area contributed by atoms with Gasteiger partial charge in [-0.15, -0.1) is 0 Å². The van der Waals surface area contributed by atoms with Crippen LogP contribution in [0.25, 0.3) is 0 Å². The Morgan fingerprint density at radius 1 is 1.40 bits per heavy atom. The van der Waals surface area contributed by atoms with Gasteiger partial charge in [0, 0.05) is 13.1 Å². The quantitative estimate of drug-likeness (QED) is 0.924. The normalized spacial score (nSPS) is 18.4. The molecule has 0 bridgehead atoms. The summed E-state index contributed by atoms with van der Waals surface area (Å²) in [4.78, 5) is -0.336. The largest absolute Gasteiger partial charge is 0.319 e. The minimum Gasteiger partial charge on any atom is -0.319 e. The molecule has 0 unspecified atom stereocenters. The first-order valence-corrected chi connectivity index (χ1v) is 8.37. The lowest BCUT2D eigenvalue weighted by atomic mass is 9.98. The Morgan fingerprint density at radius 3 is 2.65 bits per heavy atom. The van der Waals surface area contributed by atoms with E-state index in [4.69, 9.17) is 11.6 Å². The van der Waals surface area contributed by atoms with Crippen LogP contribution in [-0.4, -0.2) is 39.4 Å². The molecule has 1 N–H and O–H groups in total. The average molecular weight is 321 g/mol. The minimum absolute atomic E-state index is 0.170. The summed E-state index contributed by atoms with van der Waals surface area (Å²) in [6.07, 6.45) is 1.56. The van der Waals surface area contributed by atoms with Crippen LogP contribution in [0.2, 0.25) is 5.02 Å². The molecule has 1 saturated heterocycles. The van der Waals surface area contributed by atoms with Gasteiger partial charge in [-0.1, -0.05) is 17.7 Å². The van der Waals surface area contributed by atoms with Crippen molar-refractivity contribution in [3.63, 3.8) is 0 Å². The average Bonchev–Trinajstić information content (AvgIpc) is 2.42. The molecule has 1 heterocycles. The smallest absolute Gasteiger partial charge is 0.246 e. The fourth-order valence-electron chi connectivity index (χ4n) is 2.46. The van der Waals surface area contributed by atoms with Gasteiger partial charge in [-0.2, -0.15) is 4.31 Å². The summed E-state index contributed by atoms with van der Waals surface area (Å²) >= 11 is 5.66. The monoisotopic (exact) mass is 320 g/mol. The van der Waals surface area contributed by atoms with Crippen LogP contribution >= 0.6 is 11.6 Å². The van der Waals surface area contributed by atoms with E-state index in [9.17, 15) is 12.8 Å². The summed E-state index contributed by atoms with van der Waals surface area (Å²) in [5.41, 5.74) is 0. The highest BCUT2D eigenvalue weighted by Gasteiger charge is 2.31. The van der Waals surface area contributed by atoms with Crippen LogP contribution in [0.1, 0.15) is 12.8 Å². The molecule has 0 aromatic heterocycles. The molecule has 0 spiro atoms. The van der Waals surface area contributed by atoms with E-state index in [-0.39, 0.29) is 9.92 Å². The molecule has 1 aromatic rings. The maximum atomic E-state index is 13.9. The SMILES string of the molecule is CNCC1CCN(S(=O)(=O)c2cccc(Cl)c2F)CC1. The van der Waals surface area contributed by atoms with Gasteiger partial charge in [0.1, 0.15) is 4.90 Å². The van der Waals surface area contributed by atoms with Gasteiger partial charge in [0.2, 0.25) is 10.0 Å². The van der Waals surface area contributed by atoms with Gasteiger partial charge in [-0.3, -0.25) is 0 Å². The van der Waals surface area contributed by atoms with Crippen LogP contribution in [0.4, 0.5) is 4.39 Å². The molecule has 1 fully saturated rings. The number of halogens is 2. The lowest BCUT2D eigenvalue weighted by Gasteiger charge is -2.31. The Morgan fingerprint density at radius 2 is 2.05 bits per heavy atom. The summed E-state index contributed by atoms with van der Waals surface area (Å²) in [5.74, 6) is -0.401. The summed E-state index contributed by atoms with van der Waals surface area (Å²) < 4.78 is 40.1. The van der Waals surface area contributed by atoms with E-state index in [0.717, 1.165) is 19.4 Å². The number of nitrogens with zero attached hydrogens (tertiary/aromatic N) is 1. The van der Waals surface area contributed by atoms with E-state index in [1.54, 1.807) is 0 Å². The molecule has 112 valence electrons. The van der Waals surface area contributed by atoms with Crippen molar-refractivity contribution in [2.75, 3.05) is 26.7 Å². The fraction of sp³-hybridized carbons (Fsp3) is 0.538. The Balaban J connectivity index is 2.18. The predicted molar refractivity (Wildman–Crippen MR) is 76.8 cm³/mol. The third-order valence-electron chi connectivity index (χ3n) is 3.60. The first-order valence-electron chi connectivity index (χ1n) is 6.55. The molecule has 2 rings (SSSR count). The van der Waals surface area contributed by atoms with Crippen LogP contribution in [0.3, 0.4) is 0 Å². The Bertz CT molecular complexity index is 572. The molecule has 4 nitrogen and oxygen atoms in total. The van der Waals surface area contributed by atoms with E-state index in [0.29, 0.717) is 19.0 Å². The first kappa shape index (κ1) is 15.7. The molecule has 1 aromatic carbocycles. The van der Waals surface area contributed by atoms with Crippen molar-refractivity contribution >= 4 is 21.6 Å². The van der Waals surface area contributed by atoms with Crippen molar-refractivity contribution in [2.45, 2.75) is 17.7 Å². The second-order valence-corrected chi connectivity index (χ2v) is 7.27. The van der Waals surface area contributed by atoms with Gasteiger partial charge >= 0.3 is 0 Å². The summed E-state index contributed by atoms with van der Waals surface area (Å²) in [6, 6.07) is 4.05. The van der Waals surface area contributed by atoms with Crippen molar-refractivity contribution < 1.29 is 12.8 Å². The maximum absolute atomic E-state index is 13.9. The van der Waals surface area contributed by atoms with Crippen LogP contribution in [0.5, 0.6) is 0 Å². The molecule has 1 aliphatic heterocycles. The van der Waals surface area contributed by atoms with E-state index < -0.39 is 15.8 Å². The second kappa shape index (κ2) is 6.39. The first-order chi connectivity index (χ1) is 9.46. The summed E-state index contributed by atoms with van der Waals surface area (Å²) in [6.45, 7) is 1.71. The van der Waals surface area contributed by atoms with Gasteiger partial charge in [0.15, 0.2) is 5.82 Å². The molecule has 0 saturated carbocycles. The highest BCUT2D eigenvalue weighted by molar-refractivity contribution is 7.89. The summed E-state index contributed by atoms with van der Waals surface area (Å²) in [7, 11) is -1.92. The van der Waals surface area contributed by atoms with Crippen molar-refractivity contribution in [3.8, 4) is 0 Å². The lowest BCUT2D eigenvalue weighted by Crippen LogP contribution is -2.40. The van der Waals surface area contributed by atoms with Crippen molar-refractivity contribution in [1.82, 2.24) is 9.62 Å². The second-order valence-electron chi connectivity index (χ2n) is 4.96. The standard InChI is InChI=1S/C13H18ClFN2O2S/c1-16-9-10-5-7-17(8-6-10)20(18,19)12-4-2-3-11(14)13(12)15/h2-4,10,16H,5-9H2,1H3. The van der Waals surface area contributed by atoms with Gasteiger partial charge in [-0.25, -0.2) is 12.8 Å². The molecular weight excluding hydrogens is 303 g/mol. The molecule has 0 aliphatic carbocycles. The highest BCUT2D eigenvalue weighted by atomic mass is 35.5. The Kier molecular flexibility index (Phi) is 5.01. The third kappa shape index (κ3) is 3.14. The zero-order chi connectivity index (χ0) is 14.8. The number of rotatable bonds is 4. The van der Waals surface area contributed by atoms with E-state index in [1.807, 2.05) is 7.05 Å². The number of piperidine rings is 1. The Hall–Kier alpha value is -0.690. The maximum Gasteiger partial charge on any atom is 0.246 e. The summed E-state index contributed by atoms with van der Waals surface area (Å²) in [5, 5.41) is 2.92. The third-order valence-corrected chi connectivity index (χ3v) is 5.81. The molecule has 1 aliphatic rings. The zero-order valence-corrected chi connectivity index (χ0v) is 12.8. The van der Waals surface area contributed by atoms with Crippen molar-refractivity contribution in [2.24, 2.45) is 5.92 Å². The number of sulfonamides is 1. The van der Waals surface area contributed by atoms with Crippen molar-refractivity contribution in [1.29, 1.82) is 0 Å². The molecule has 20 heavy (non-hydrogen) atoms. The van der Waals surface area contributed by atoms with Crippen LogP contribution in [0.15, 0.2) is 23.1 Å². The van der Waals surface area contributed by atoms with Crippen molar-refractivity contribution in [3.05, 3.63) is 29.0 Å². The molecule has 0 radical (unpaired) electrons. The molecule has 0 amide bonds. The molecular formula is C13H18ClFN2O2S. The minimum atomic E-state index is -3.80. The number of hydrogen-bond acceptors (Lipinski definition) is 3. The molecule has 0 atom stereocenters. The van der Waals surface area contributed by atoms with Gasteiger partial charge in [0.05, 0.1) is 5.02 Å². The lowest BCUT2D eigenvalue weighted by molar-refractivity contribution is 0.270. The number of hydrogen-bond donors (Lipinski definition) is 1. The van der Waals surface area contributed by atoms with E-state index in [2.05, 4.69) is 5.32 Å². The Labute approximate surface area is 124 Å². The van der Waals surface area contributed by atoms with Gasteiger partial charge < -0.3 is 5.32 Å². The van der Waals surface area contributed by atoms with Gasteiger partial charge in [-0.05, 0) is 44.5 Å². The van der Waals surface area contributed by atoms with Gasteiger partial charge in [0.25, 0.3) is 0 Å². The number of nitrogens with one attached hydrogen (secondary N) is 1. The topological polar surface area (TPSA) is 49.4 Å². The van der Waals surface area contributed by atoms with E-state index in [1.165, 1.54) is 22.5 Å². The van der Waals surface area contributed by atoms with Crippen LogP contribution in [-0.2, 0) is 10.0 Å². The van der Waals surface area contributed by atoms with Crippen LogP contribution < -0.4 is 5.32 Å². The molecule has 7 heteroatoms. The highest BCUT2D eigenvalue weighted by Crippen LogP contribution is 2.27. The van der Waals surface area contributed by atoms with E-state index >= 15 is 0 Å².